The molecule has 0 aliphatic heterocycles. The molecule has 0 atom stereocenters. The molecule has 4 aromatic rings. The molecule has 0 aliphatic rings. The van der Waals surface area contributed by atoms with Crippen molar-refractivity contribution in [2.75, 3.05) is 0 Å². The Bertz CT molecular complexity index is 1290. The molecule has 2 aromatic carbocycles. The summed E-state index contributed by atoms with van der Waals surface area (Å²) >= 11 is 12.4. The van der Waals surface area contributed by atoms with E-state index in [0.29, 0.717) is 38.1 Å². The second-order valence-electron chi connectivity index (χ2n) is 6.18. The van der Waals surface area contributed by atoms with E-state index in [0.717, 1.165) is 5.69 Å². The summed E-state index contributed by atoms with van der Waals surface area (Å²) in [6.45, 7) is 1.82. The van der Waals surface area contributed by atoms with Crippen molar-refractivity contribution in [3.8, 4) is 22.4 Å². The van der Waals surface area contributed by atoms with Crippen LogP contribution in [0.1, 0.15) is 5.69 Å². The van der Waals surface area contributed by atoms with Gasteiger partial charge in [-0.1, -0.05) is 29.3 Å². The van der Waals surface area contributed by atoms with Gasteiger partial charge in [-0.25, -0.2) is 9.50 Å². The van der Waals surface area contributed by atoms with Gasteiger partial charge in [0.15, 0.2) is 5.65 Å². The van der Waals surface area contributed by atoms with Crippen LogP contribution >= 0.6 is 23.2 Å². The minimum absolute atomic E-state index is 0.0346. The molecule has 4 rings (SSSR count). The molecule has 140 valence electrons. The molecule has 0 saturated carbocycles. The minimum Gasteiger partial charge on any atom is -0.293 e. The molecule has 0 spiro atoms. The van der Waals surface area contributed by atoms with Gasteiger partial charge in [-0.05, 0) is 31.2 Å². The summed E-state index contributed by atoms with van der Waals surface area (Å²) in [5, 5.41) is 14.8. The number of nitro groups is 1. The van der Waals surface area contributed by atoms with E-state index in [1.165, 1.54) is 22.7 Å². The third-order valence-electron chi connectivity index (χ3n) is 4.37. The molecule has 0 unspecified atom stereocenters. The van der Waals surface area contributed by atoms with Gasteiger partial charge >= 0.3 is 0 Å². The van der Waals surface area contributed by atoms with Crippen molar-refractivity contribution >= 4 is 34.5 Å². The van der Waals surface area contributed by atoms with Crippen LogP contribution in [0, 0.1) is 17.0 Å². The molecule has 2 aromatic heterocycles. The first-order valence-corrected chi connectivity index (χ1v) is 8.93. The van der Waals surface area contributed by atoms with E-state index in [-0.39, 0.29) is 11.2 Å². The molecule has 28 heavy (non-hydrogen) atoms. The van der Waals surface area contributed by atoms with Crippen molar-refractivity contribution < 1.29 is 4.92 Å². The predicted molar refractivity (Wildman–Crippen MR) is 108 cm³/mol. The average Bonchev–Trinajstić information content (AvgIpc) is 2.98. The zero-order valence-electron chi connectivity index (χ0n) is 14.4. The lowest BCUT2D eigenvalue weighted by atomic mass is 10.1. The van der Waals surface area contributed by atoms with E-state index in [1.807, 2.05) is 6.92 Å². The Labute approximate surface area is 168 Å². The smallest absolute Gasteiger partial charge is 0.273 e. The Morgan fingerprint density at radius 1 is 1.11 bits per heavy atom. The Kier molecular flexibility index (Phi) is 4.41. The van der Waals surface area contributed by atoms with Crippen LogP contribution in [0.3, 0.4) is 0 Å². The molecule has 0 fully saturated rings. The van der Waals surface area contributed by atoms with Crippen molar-refractivity contribution in [3.63, 3.8) is 0 Å². The summed E-state index contributed by atoms with van der Waals surface area (Å²) in [5.74, 6) is 0. The van der Waals surface area contributed by atoms with Crippen molar-refractivity contribution in [2.45, 2.75) is 6.92 Å². The summed E-state index contributed by atoms with van der Waals surface area (Å²) in [5.41, 5.74) is 3.16. The summed E-state index contributed by atoms with van der Waals surface area (Å²) < 4.78 is 1.34. The molecule has 0 amide bonds. The second-order valence-corrected chi connectivity index (χ2v) is 7.02. The molecular weight excluding hydrogens is 403 g/mol. The SMILES string of the molecule is Cc1[nH]n2c(=O)cc(-c3ccc([N+](=O)[O-])cc3)nc2c1-c1ccc(Cl)cc1Cl. The van der Waals surface area contributed by atoms with Gasteiger partial charge in [0.25, 0.3) is 11.2 Å². The number of nitrogens with one attached hydrogen (secondary N) is 1. The summed E-state index contributed by atoms with van der Waals surface area (Å²) in [6.07, 6.45) is 0. The molecule has 2 heterocycles. The molecule has 0 radical (unpaired) electrons. The first-order chi connectivity index (χ1) is 13.3. The highest BCUT2D eigenvalue weighted by molar-refractivity contribution is 6.36. The monoisotopic (exact) mass is 414 g/mol. The van der Waals surface area contributed by atoms with E-state index in [4.69, 9.17) is 23.2 Å². The Morgan fingerprint density at radius 2 is 1.82 bits per heavy atom. The Morgan fingerprint density at radius 3 is 2.46 bits per heavy atom. The van der Waals surface area contributed by atoms with E-state index in [9.17, 15) is 14.9 Å². The highest BCUT2D eigenvalue weighted by Gasteiger charge is 2.18. The van der Waals surface area contributed by atoms with Gasteiger partial charge in [0.1, 0.15) is 0 Å². The predicted octanol–water partition coefficient (Wildman–Crippen LogP) is 4.88. The van der Waals surface area contributed by atoms with Crippen LogP contribution in [0.15, 0.2) is 53.3 Å². The van der Waals surface area contributed by atoms with Crippen LogP contribution in [0.2, 0.25) is 10.0 Å². The van der Waals surface area contributed by atoms with Crippen molar-refractivity contribution in [3.05, 3.63) is 84.7 Å². The van der Waals surface area contributed by atoms with Crippen LogP contribution in [0.4, 0.5) is 5.69 Å². The zero-order valence-corrected chi connectivity index (χ0v) is 16.0. The number of nitrogens with zero attached hydrogens (tertiary/aromatic N) is 3. The normalized spacial score (nSPS) is 11.1. The van der Waals surface area contributed by atoms with Crippen LogP contribution in [-0.4, -0.2) is 19.5 Å². The number of H-pyrrole nitrogens is 1. The lowest BCUT2D eigenvalue weighted by Gasteiger charge is -2.06. The lowest BCUT2D eigenvalue weighted by molar-refractivity contribution is -0.384. The third kappa shape index (κ3) is 3.04. The fraction of sp³-hybridized carbons (Fsp3) is 0.0526. The maximum atomic E-state index is 12.6. The first-order valence-electron chi connectivity index (χ1n) is 8.18. The fourth-order valence-electron chi connectivity index (χ4n) is 3.07. The number of aromatic amines is 1. The molecule has 0 saturated heterocycles. The quantitative estimate of drug-likeness (QED) is 0.381. The van der Waals surface area contributed by atoms with E-state index in [1.54, 1.807) is 30.3 Å². The molecule has 7 nitrogen and oxygen atoms in total. The van der Waals surface area contributed by atoms with Crippen LogP contribution < -0.4 is 5.56 Å². The number of hydrogen-bond donors (Lipinski definition) is 1. The van der Waals surface area contributed by atoms with E-state index in [2.05, 4.69) is 10.1 Å². The number of rotatable bonds is 3. The van der Waals surface area contributed by atoms with Gasteiger partial charge in [0.2, 0.25) is 0 Å². The average molecular weight is 415 g/mol. The Balaban J connectivity index is 1.95. The molecule has 1 N–H and O–H groups in total. The number of fused-ring (bicyclic) bond motifs is 1. The third-order valence-corrected chi connectivity index (χ3v) is 4.92. The van der Waals surface area contributed by atoms with Crippen molar-refractivity contribution in [1.29, 1.82) is 0 Å². The van der Waals surface area contributed by atoms with Crippen molar-refractivity contribution in [1.82, 2.24) is 14.6 Å². The fourth-order valence-corrected chi connectivity index (χ4v) is 3.57. The molecule has 0 aliphatic carbocycles. The zero-order chi connectivity index (χ0) is 20.0. The van der Waals surface area contributed by atoms with Crippen LogP contribution in [0.25, 0.3) is 28.0 Å². The number of non-ortho nitro benzene ring substituents is 1. The van der Waals surface area contributed by atoms with E-state index < -0.39 is 4.92 Å². The summed E-state index contributed by atoms with van der Waals surface area (Å²) in [7, 11) is 0. The van der Waals surface area contributed by atoms with Gasteiger partial charge in [-0.15, -0.1) is 0 Å². The Hall–Kier alpha value is -3.16. The van der Waals surface area contributed by atoms with Crippen molar-refractivity contribution in [2.24, 2.45) is 0 Å². The largest absolute Gasteiger partial charge is 0.293 e. The molecular formula is C19H12Cl2N4O3. The maximum absolute atomic E-state index is 12.6. The highest BCUT2D eigenvalue weighted by atomic mass is 35.5. The van der Waals surface area contributed by atoms with Crippen LogP contribution in [0.5, 0.6) is 0 Å². The minimum atomic E-state index is -0.481. The van der Waals surface area contributed by atoms with E-state index >= 15 is 0 Å². The number of aryl methyl sites for hydroxylation is 1. The second kappa shape index (κ2) is 6.78. The number of benzene rings is 2. The highest BCUT2D eigenvalue weighted by Crippen LogP contribution is 2.34. The number of nitro benzene ring substituents is 1. The number of halogens is 2. The topological polar surface area (TPSA) is 93.3 Å². The molecule has 0 bridgehead atoms. The molecule has 9 heteroatoms. The van der Waals surface area contributed by atoms with Gasteiger partial charge < -0.3 is 0 Å². The maximum Gasteiger partial charge on any atom is 0.273 e. The van der Waals surface area contributed by atoms with Gasteiger partial charge in [0, 0.05) is 45.6 Å². The van der Waals surface area contributed by atoms with Gasteiger partial charge in [-0.2, -0.15) is 0 Å². The number of hydrogen-bond acceptors (Lipinski definition) is 4. The van der Waals surface area contributed by atoms with Gasteiger partial charge in [-0.3, -0.25) is 20.0 Å². The summed E-state index contributed by atoms with van der Waals surface area (Å²) in [4.78, 5) is 27.6. The first kappa shape index (κ1) is 18.2. The lowest BCUT2D eigenvalue weighted by Crippen LogP contribution is -2.14. The van der Waals surface area contributed by atoms with Crippen LogP contribution in [-0.2, 0) is 0 Å². The number of aromatic nitrogens is 3. The standard InChI is InChI=1S/C19H12Cl2N4O3/c1-10-18(14-7-4-12(20)8-15(14)21)19-22-16(9-17(26)24(19)23-10)11-2-5-13(6-3-11)25(27)28/h2-9,23H,1H3. The van der Waals surface area contributed by atoms with Gasteiger partial charge in [0.05, 0.1) is 15.6 Å². The summed E-state index contributed by atoms with van der Waals surface area (Å²) in [6, 6.07) is 12.3.